The van der Waals surface area contributed by atoms with Gasteiger partial charge in [-0.1, -0.05) is 55.7 Å². The van der Waals surface area contributed by atoms with Crippen molar-refractivity contribution in [2.75, 3.05) is 0 Å². The number of imidazole rings is 1. The molecule has 4 rings (SSSR count). The Balaban J connectivity index is 1.56. The molecule has 3 heterocycles. The van der Waals surface area contributed by atoms with Crippen LogP contribution in [0.2, 0.25) is 5.02 Å². The molecule has 0 saturated heterocycles. The third kappa shape index (κ3) is 4.49. The van der Waals surface area contributed by atoms with Gasteiger partial charge < -0.3 is 9.84 Å². The number of benzene rings is 1. The number of carbonyl (C=O) groups excluding carboxylic acids is 1. The van der Waals surface area contributed by atoms with Gasteiger partial charge in [-0.2, -0.15) is 4.98 Å². The minimum atomic E-state index is -0.316. The normalized spacial score (nSPS) is 11.5. The van der Waals surface area contributed by atoms with Gasteiger partial charge >= 0.3 is 0 Å². The molecule has 1 amide bonds. The molecule has 0 radical (unpaired) electrons. The van der Waals surface area contributed by atoms with Crippen molar-refractivity contribution >= 4 is 17.5 Å². The second kappa shape index (κ2) is 8.31. The highest BCUT2D eigenvalue weighted by molar-refractivity contribution is 6.31. The summed E-state index contributed by atoms with van der Waals surface area (Å²) < 4.78 is 7.12. The summed E-state index contributed by atoms with van der Waals surface area (Å²) in [5.74, 6) is 1.17. The lowest BCUT2D eigenvalue weighted by Gasteiger charge is -2.11. The molecule has 9 heteroatoms. The zero-order valence-electron chi connectivity index (χ0n) is 17.3. The monoisotopic (exact) mass is 436 g/mol. The van der Waals surface area contributed by atoms with Crippen molar-refractivity contribution in [3.8, 4) is 17.3 Å². The Bertz CT molecular complexity index is 1220. The molecule has 0 fully saturated rings. The molecule has 1 aromatic carbocycles. The minimum absolute atomic E-state index is 0.244. The zero-order chi connectivity index (χ0) is 22.0. The molecular formula is C22H21ClN6O2. The molecule has 1 N–H and O–H groups in total. The number of halogens is 1. The molecule has 4 aromatic rings. The van der Waals surface area contributed by atoms with Gasteiger partial charge in [0.15, 0.2) is 11.6 Å². The number of nitrogens with zero attached hydrogens (tertiary/aromatic N) is 5. The van der Waals surface area contributed by atoms with Crippen molar-refractivity contribution in [2.24, 2.45) is 0 Å². The molecule has 0 aliphatic heterocycles. The number of pyridine rings is 1. The Labute approximate surface area is 184 Å². The molecule has 0 bridgehead atoms. The number of carbonyl (C=O) groups is 1. The van der Waals surface area contributed by atoms with E-state index in [-0.39, 0.29) is 17.0 Å². The first kappa shape index (κ1) is 20.7. The quantitative estimate of drug-likeness (QED) is 0.503. The van der Waals surface area contributed by atoms with Crippen LogP contribution in [0.15, 0.2) is 59.6 Å². The average molecular weight is 437 g/mol. The molecule has 0 aliphatic rings. The van der Waals surface area contributed by atoms with E-state index in [9.17, 15) is 4.79 Å². The molecule has 8 nitrogen and oxygen atoms in total. The lowest BCUT2D eigenvalue weighted by Crippen LogP contribution is -2.23. The topological polar surface area (TPSA) is 98.7 Å². The maximum Gasteiger partial charge on any atom is 0.271 e. The number of aromatic nitrogens is 5. The number of rotatable bonds is 5. The largest absolute Gasteiger partial charge is 0.347 e. The van der Waals surface area contributed by atoms with Crippen molar-refractivity contribution in [1.29, 1.82) is 0 Å². The van der Waals surface area contributed by atoms with Crippen LogP contribution in [0, 0.1) is 0 Å². The Hall–Kier alpha value is -3.52. The molecule has 0 unspecified atom stereocenters. The fourth-order valence-corrected chi connectivity index (χ4v) is 3.07. The van der Waals surface area contributed by atoms with Gasteiger partial charge in [0.1, 0.15) is 12.0 Å². The third-order valence-corrected chi connectivity index (χ3v) is 4.94. The van der Waals surface area contributed by atoms with Crippen LogP contribution in [0.4, 0.5) is 0 Å². The van der Waals surface area contributed by atoms with E-state index in [0.717, 1.165) is 5.56 Å². The Morgan fingerprint density at radius 1 is 1.16 bits per heavy atom. The molecule has 0 spiro atoms. The minimum Gasteiger partial charge on any atom is -0.347 e. The summed E-state index contributed by atoms with van der Waals surface area (Å²) in [5.41, 5.74) is 1.48. The van der Waals surface area contributed by atoms with Crippen LogP contribution < -0.4 is 5.32 Å². The summed E-state index contributed by atoms with van der Waals surface area (Å²) in [7, 11) is 0. The number of hydrogen-bond donors (Lipinski definition) is 1. The maximum atomic E-state index is 12.6. The van der Waals surface area contributed by atoms with Crippen LogP contribution in [0.3, 0.4) is 0 Å². The van der Waals surface area contributed by atoms with E-state index in [2.05, 4.69) is 25.4 Å². The number of amides is 1. The first-order valence-corrected chi connectivity index (χ1v) is 10.1. The molecule has 0 aliphatic carbocycles. The van der Waals surface area contributed by atoms with Gasteiger partial charge in [0.2, 0.25) is 0 Å². The molecule has 0 saturated carbocycles. The van der Waals surface area contributed by atoms with Gasteiger partial charge in [-0.15, -0.1) is 0 Å². The van der Waals surface area contributed by atoms with Gasteiger partial charge in [-0.3, -0.25) is 9.36 Å². The van der Waals surface area contributed by atoms with Gasteiger partial charge in [0, 0.05) is 29.4 Å². The smallest absolute Gasteiger partial charge is 0.271 e. The van der Waals surface area contributed by atoms with E-state index in [1.807, 2.05) is 45.0 Å². The first-order valence-electron chi connectivity index (χ1n) is 9.68. The van der Waals surface area contributed by atoms with E-state index in [4.69, 9.17) is 16.1 Å². The van der Waals surface area contributed by atoms with Crippen LogP contribution in [-0.2, 0) is 12.0 Å². The summed E-state index contributed by atoms with van der Waals surface area (Å²) >= 11 is 6.14. The van der Waals surface area contributed by atoms with Crippen LogP contribution in [0.1, 0.15) is 42.6 Å². The molecule has 3 aromatic heterocycles. The summed E-state index contributed by atoms with van der Waals surface area (Å²) in [6.45, 7) is 6.33. The maximum absolute atomic E-state index is 12.6. The van der Waals surface area contributed by atoms with Crippen LogP contribution in [-0.4, -0.2) is 30.6 Å². The summed E-state index contributed by atoms with van der Waals surface area (Å²) in [5, 5.41) is 7.50. The Morgan fingerprint density at radius 2 is 1.97 bits per heavy atom. The van der Waals surface area contributed by atoms with Gasteiger partial charge in [0.05, 0.1) is 5.56 Å². The highest BCUT2D eigenvalue weighted by Gasteiger charge is 2.23. The van der Waals surface area contributed by atoms with Crippen molar-refractivity contribution in [2.45, 2.75) is 32.7 Å². The van der Waals surface area contributed by atoms with Crippen LogP contribution in [0.5, 0.6) is 0 Å². The first-order chi connectivity index (χ1) is 14.8. The zero-order valence-corrected chi connectivity index (χ0v) is 18.1. The molecular weight excluding hydrogens is 416 g/mol. The van der Waals surface area contributed by atoms with E-state index in [1.54, 1.807) is 29.1 Å². The predicted octanol–water partition coefficient (Wildman–Crippen LogP) is 4.20. The Kier molecular flexibility index (Phi) is 5.56. The fourth-order valence-electron chi connectivity index (χ4n) is 2.87. The van der Waals surface area contributed by atoms with Crippen LogP contribution >= 0.6 is 11.6 Å². The van der Waals surface area contributed by atoms with E-state index >= 15 is 0 Å². The SMILES string of the molecule is CC(C)(C)c1noc(-c2cccnc2-n2cnc(C(=O)NCc3ccccc3Cl)c2)n1. The second-order valence-corrected chi connectivity index (χ2v) is 8.40. The van der Waals surface area contributed by atoms with Crippen molar-refractivity contribution < 1.29 is 9.32 Å². The van der Waals surface area contributed by atoms with Gasteiger partial charge in [-0.25, -0.2) is 9.97 Å². The third-order valence-electron chi connectivity index (χ3n) is 4.57. The molecule has 31 heavy (non-hydrogen) atoms. The van der Waals surface area contributed by atoms with E-state index in [0.29, 0.717) is 34.7 Å². The molecule has 158 valence electrons. The summed E-state index contributed by atoms with van der Waals surface area (Å²) in [6.07, 6.45) is 4.78. The van der Waals surface area contributed by atoms with E-state index < -0.39 is 0 Å². The lowest BCUT2D eigenvalue weighted by molar-refractivity contribution is 0.0946. The number of nitrogens with one attached hydrogen (secondary N) is 1. The highest BCUT2D eigenvalue weighted by Crippen LogP contribution is 2.27. The Morgan fingerprint density at radius 3 is 2.71 bits per heavy atom. The van der Waals surface area contributed by atoms with Gasteiger partial charge in [0.25, 0.3) is 11.8 Å². The highest BCUT2D eigenvalue weighted by atomic mass is 35.5. The van der Waals surface area contributed by atoms with Crippen molar-refractivity contribution in [3.63, 3.8) is 0 Å². The van der Waals surface area contributed by atoms with Crippen molar-refractivity contribution in [1.82, 2.24) is 30.0 Å². The summed E-state index contributed by atoms with van der Waals surface area (Å²) in [6, 6.07) is 11.0. The second-order valence-electron chi connectivity index (χ2n) is 7.99. The van der Waals surface area contributed by atoms with Crippen molar-refractivity contribution in [3.05, 3.63) is 77.2 Å². The van der Waals surface area contributed by atoms with Gasteiger partial charge in [-0.05, 0) is 23.8 Å². The van der Waals surface area contributed by atoms with Crippen LogP contribution in [0.25, 0.3) is 17.3 Å². The average Bonchev–Trinajstić information content (AvgIpc) is 3.43. The lowest BCUT2D eigenvalue weighted by atomic mass is 9.96. The summed E-state index contributed by atoms with van der Waals surface area (Å²) in [4.78, 5) is 25.7. The molecule has 0 atom stereocenters. The fraction of sp³-hybridized carbons (Fsp3) is 0.227. The number of hydrogen-bond acceptors (Lipinski definition) is 6. The van der Waals surface area contributed by atoms with E-state index in [1.165, 1.54) is 6.33 Å². The predicted molar refractivity (Wildman–Crippen MR) is 116 cm³/mol. The standard InChI is InChI=1S/C22H21ClN6O2/c1-22(2,3)21-27-20(31-28-21)15-8-6-10-24-18(15)29-12-17(26-13-29)19(30)25-11-14-7-4-5-9-16(14)23/h4-10,12-13H,11H2,1-3H3,(H,25,30).